The van der Waals surface area contributed by atoms with Crippen LogP contribution in [0.25, 0.3) is 0 Å². The SMILES string of the molecule is CCC(C)c1ccccc1NC(=O)C(C)OC(=O)CCCNC(=O)c1ccc(Cl)cc1. The molecule has 2 rings (SSSR count). The molecule has 2 N–H and O–H groups in total. The Morgan fingerprint density at radius 2 is 1.71 bits per heavy atom. The van der Waals surface area contributed by atoms with Gasteiger partial charge in [0.1, 0.15) is 0 Å². The van der Waals surface area contributed by atoms with Crippen molar-refractivity contribution in [2.75, 3.05) is 11.9 Å². The Labute approximate surface area is 188 Å². The predicted octanol–water partition coefficient (Wildman–Crippen LogP) is 4.93. The molecule has 0 spiro atoms. The maximum atomic E-state index is 12.5. The lowest BCUT2D eigenvalue weighted by Gasteiger charge is -2.18. The number of halogens is 1. The van der Waals surface area contributed by atoms with Gasteiger partial charge >= 0.3 is 5.97 Å². The summed E-state index contributed by atoms with van der Waals surface area (Å²) in [6.45, 7) is 6.05. The zero-order valence-corrected chi connectivity index (χ0v) is 18.9. The van der Waals surface area contributed by atoms with Crippen molar-refractivity contribution in [1.29, 1.82) is 0 Å². The molecule has 2 unspecified atom stereocenters. The minimum atomic E-state index is -0.916. The van der Waals surface area contributed by atoms with Crippen molar-refractivity contribution in [3.63, 3.8) is 0 Å². The normalized spacial score (nSPS) is 12.5. The Hall–Kier alpha value is -2.86. The summed E-state index contributed by atoms with van der Waals surface area (Å²) in [5.41, 5.74) is 2.28. The van der Waals surface area contributed by atoms with Crippen LogP contribution >= 0.6 is 11.6 Å². The van der Waals surface area contributed by atoms with Gasteiger partial charge in [-0.25, -0.2) is 0 Å². The van der Waals surface area contributed by atoms with Gasteiger partial charge in [0.2, 0.25) is 0 Å². The lowest BCUT2D eigenvalue weighted by molar-refractivity contribution is -0.153. The first-order chi connectivity index (χ1) is 14.8. The fraction of sp³-hybridized carbons (Fsp3) is 0.375. The van der Waals surface area contributed by atoms with Crippen LogP contribution in [-0.4, -0.2) is 30.4 Å². The van der Waals surface area contributed by atoms with Gasteiger partial charge in [-0.05, 0) is 61.6 Å². The fourth-order valence-electron chi connectivity index (χ4n) is 2.94. The van der Waals surface area contributed by atoms with E-state index in [4.69, 9.17) is 16.3 Å². The smallest absolute Gasteiger partial charge is 0.306 e. The summed E-state index contributed by atoms with van der Waals surface area (Å²) in [5.74, 6) is -0.797. The molecule has 0 bridgehead atoms. The van der Waals surface area contributed by atoms with Crippen LogP contribution in [0.2, 0.25) is 5.02 Å². The maximum Gasteiger partial charge on any atom is 0.306 e. The lowest BCUT2D eigenvalue weighted by Crippen LogP contribution is -2.31. The van der Waals surface area contributed by atoms with Crippen LogP contribution in [0.5, 0.6) is 0 Å². The summed E-state index contributed by atoms with van der Waals surface area (Å²) in [6.07, 6.45) is 0.540. The van der Waals surface area contributed by atoms with Crippen molar-refractivity contribution in [2.45, 2.75) is 52.1 Å². The minimum Gasteiger partial charge on any atom is -0.453 e. The van der Waals surface area contributed by atoms with Crippen LogP contribution in [0.1, 0.15) is 61.9 Å². The highest BCUT2D eigenvalue weighted by molar-refractivity contribution is 6.30. The number of esters is 1. The number of amides is 2. The second kappa shape index (κ2) is 12.1. The molecule has 0 saturated carbocycles. The third kappa shape index (κ3) is 7.72. The summed E-state index contributed by atoms with van der Waals surface area (Å²) in [4.78, 5) is 36.5. The molecule has 2 atom stereocenters. The van der Waals surface area contributed by atoms with Crippen LogP contribution < -0.4 is 10.6 Å². The van der Waals surface area contributed by atoms with Crippen LogP contribution in [0.15, 0.2) is 48.5 Å². The number of nitrogens with one attached hydrogen (secondary N) is 2. The third-order valence-corrected chi connectivity index (χ3v) is 5.24. The van der Waals surface area contributed by atoms with Crippen molar-refractivity contribution in [3.8, 4) is 0 Å². The Kier molecular flexibility index (Phi) is 9.53. The maximum absolute atomic E-state index is 12.5. The van der Waals surface area contributed by atoms with Gasteiger partial charge in [-0.15, -0.1) is 0 Å². The highest BCUT2D eigenvalue weighted by Gasteiger charge is 2.19. The van der Waals surface area contributed by atoms with Crippen LogP contribution in [-0.2, 0) is 14.3 Å². The van der Waals surface area contributed by atoms with E-state index in [1.54, 1.807) is 31.2 Å². The van der Waals surface area contributed by atoms with Gasteiger partial charge in [-0.2, -0.15) is 0 Å². The van der Waals surface area contributed by atoms with Crippen LogP contribution in [0, 0.1) is 0 Å². The average Bonchev–Trinajstić information content (AvgIpc) is 2.76. The Morgan fingerprint density at radius 3 is 2.39 bits per heavy atom. The number of ether oxygens (including phenoxy) is 1. The molecule has 0 aliphatic rings. The number of benzene rings is 2. The van der Waals surface area contributed by atoms with E-state index < -0.39 is 12.1 Å². The number of hydrogen-bond donors (Lipinski definition) is 2. The highest BCUT2D eigenvalue weighted by Crippen LogP contribution is 2.26. The number of anilines is 1. The van der Waals surface area contributed by atoms with Gasteiger partial charge in [0.15, 0.2) is 6.10 Å². The van der Waals surface area contributed by atoms with E-state index in [9.17, 15) is 14.4 Å². The number of carbonyl (C=O) groups is 3. The Bertz CT molecular complexity index is 899. The van der Waals surface area contributed by atoms with Crippen molar-refractivity contribution in [2.24, 2.45) is 0 Å². The topological polar surface area (TPSA) is 84.5 Å². The molecule has 0 saturated heterocycles. The molecule has 2 amide bonds. The first-order valence-electron chi connectivity index (χ1n) is 10.4. The Morgan fingerprint density at radius 1 is 1.03 bits per heavy atom. The molecule has 0 aromatic heterocycles. The standard InChI is InChI=1S/C24H29ClN2O4/c1-4-16(2)20-8-5-6-9-21(20)27-23(29)17(3)31-22(28)10-7-15-26-24(30)18-11-13-19(25)14-12-18/h5-6,8-9,11-14,16-17H,4,7,10,15H2,1-3H3,(H,26,30)(H,27,29). The number of carbonyl (C=O) groups excluding carboxylic acids is 3. The van der Waals surface area contributed by atoms with Crippen LogP contribution in [0.3, 0.4) is 0 Å². The molecule has 31 heavy (non-hydrogen) atoms. The summed E-state index contributed by atoms with van der Waals surface area (Å²) < 4.78 is 5.24. The van der Waals surface area contributed by atoms with Crippen molar-refractivity contribution in [1.82, 2.24) is 5.32 Å². The van der Waals surface area contributed by atoms with Crippen molar-refractivity contribution in [3.05, 3.63) is 64.7 Å². The summed E-state index contributed by atoms with van der Waals surface area (Å²) in [5, 5.41) is 6.14. The monoisotopic (exact) mass is 444 g/mol. The van der Waals surface area contributed by atoms with E-state index in [1.807, 2.05) is 24.3 Å². The van der Waals surface area contributed by atoms with E-state index in [-0.39, 0.29) is 18.2 Å². The van der Waals surface area contributed by atoms with Gasteiger partial charge in [0.05, 0.1) is 0 Å². The van der Waals surface area contributed by atoms with E-state index in [0.717, 1.165) is 17.7 Å². The van der Waals surface area contributed by atoms with Gasteiger partial charge in [-0.3, -0.25) is 14.4 Å². The molecule has 2 aromatic carbocycles. The quantitative estimate of drug-likeness (QED) is 0.401. The third-order valence-electron chi connectivity index (χ3n) is 4.99. The van der Waals surface area contributed by atoms with Gasteiger partial charge < -0.3 is 15.4 Å². The molecule has 0 fully saturated rings. The molecular weight excluding hydrogens is 416 g/mol. The number of rotatable bonds is 10. The van der Waals surface area contributed by atoms with E-state index in [1.165, 1.54) is 0 Å². The fourth-order valence-corrected chi connectivity index (χ4v) is 3.07. The molecule has 166 valence electrons. The second-order valence-corrected chi connectivity index (χ2v) is 7.82. The molecule has 0 heterocycles. The number of hydrogen-bond acceptors (Lipinski definition) is 4. The average molecular weight is 445 g/mol. The first-order valence-corrected chi connectivity index (χ1v) is 10.8. The molecule has 7 heteroatoms. The molecule has 2 aromatic rings. The van der Waals surface area contributed by atoms with Gasteiger partial charge in [-0.1, -0.05) is 43.6 Å². The van der Waals surface area contributed by atoms with Crippen molar-refractivity contribution >= 4 is 35.1 Å². The zero-order chi connectivity index (χ0) is 22.8. The summed E-state index contributed by atoms with van der Waals surface area (Å²) >= 11 is 5.80. The van der Waals surface area contributed by atoms with Crippen molar-refractivity contribution < 1.29 is 19.1 Å². The summed E-state index contributed by atoms with van der Waals surface area (Å²) in [6, 6.07) is 14.2. The van der Waals surface area contributed by atoms with Gasteiger partial charge in [0.25, 0.3) is 11.8 Å². The highest BCUT2D eigenvalue weighted by atomic mass is 35.5. The first kappa shape index (κ1) is 24.4. The molecule has 0 aliphatic heterocycles. The zero-order valence-electron chi connectivity index (χ0n) is 18.1. The second-order valence-electron chi connectivity index (χ2n) is 7.38. The summed E-state index contributed by atoms with van der Waals surface area (Å²) in [7, 11) is 0. The Balaban J connectivity index is 1.75. The molecule has 0 aliphatic carbocycles. The predicted molar refractivity (Wildman–Crippen MR) is 122 cm³/mol. The van der Waals surface area contributed by atoms with Crippen LogP contribution in [0.4, 0.5) is 5.69 Å². The van der Waals surface area contributed by atoms with E-state index >= 15 is 0 Å². The largest absolute Gasteiger partial charge is 0.453 e. The minimum absolute atomic E-state index is 0.0992. The molecule has 0 radical (unpaired) electrons. The molecular formula is C24H29ClN2O4. The van der Waals surface area contributed by atoms with E-state index in [2.05, 4.69) is 24.5 Å². The number of para-hydroxylation sites is 1. The van der Waals surface area contributed by atoms with E-state index in [0.29, 0.717) is 29.5 Å². The molecule has 6 nitrogen and oxygen atoms in total. The van der Waals surface area contributed by atoms with Gasteiger partial charge in [0, 0.05) is 29.2 Å². The lowest BCUT2D eigenvalue weighted by atomic mass is 9.97.